The molecule has 4 rings (SSSR count). The number of fused-ring (bicyclic) bond motifs is 2. The standard InChI is InChI=1S/C26H28N6O5/c27-19(9-15-11-28-20-7-3-1-5-17(15)20)25(35)31-13-23(33)30-14-24(34)32-22(26(36)37)10-16-12-29-21-8-4-2-6-18(16)21/h1-8,11-12,19,22,28-29H,9-10,13-14,27H2,(H,30,33)(H,31,35)(H,32,34)(H,36,37). The van der Waals surface area contributed by atoms with E-state index in [4.69, 9.17) is 5.73 Å². The molecule has 2 unspecified atom stereocenters. The average Bonchev–Trinajstić information content (AvgIpc) is 3.49. The Kier molecular flexibility index (Phi) is 7.84. The summed E-state index contributed by atoms with van der Waals surface area (Å²) in [4.78, 5) is 54.6. The molecule has 2 aromatic carbocycles. The van der Waals surface area contributed by atoms with E-state index in [0.29, 0.717) is 0 Å². The van der Waals surface area contributed by atoms with Crippen molar-refractivity contribution in [3.8, 4) is 0 Å². The number of benzene rings is 2. The first-order valence-corrected chi connectivity index (χ1v) is 11.7. The van der Waals surface area contributed by atoms with Gasteiger partial charge in [0.15, 0.2) is 0 Å². The van der Waals surface area contributed by atoms with Crippen LogP contribution >= 0.6 is 0 Å². The number of hydrogen-bond acceptors (Lipinski definition) is 5. The lowest BCUT2D eigenvalue weighted by Crippen LogP contribution is -2.49. The third-order valence-corrected chi connectivity index (χ3v) is 6.05. The van der Waals surface area contributed by atoms with Crippen LogP contribution in [-0.2, 0) is 32.0 Å². The van der Waals surface area contributed by atoms with Gasteiger partial charge in [-0.15, -0.1) is 0 Å². The number of carboxylic acid groups (broad SMARTS) is 1. The molecule has 11 heteroatoms. The lowest BCUT2D eigenvalue weighted by Gasteiger charge is -2.15. The number of rotatable bonds is 11. The molecule has 0 radical (unpaired) electrons. The summed E-state index contributed by atoms with van der Waals surface area (Å²) in [6.45, 7) is -0.806. The van der Waals surface area contributed by atoms with Crippen LogP contribution in [-0.4, -0.2) is 63.9 Å². The van der Waals surface area contributed by atoms with E-state index >= 15 is 0 Å². The van der Waals surface area contributed by atoms with Gasteiger partial charge in [0, 0.05) is 40.6 Å². The fraction of sp³-hybridized carbons (Fsp3) is 0.231. The predicted molar refractivity (Wildman–Crippen MR) is 138 cm³/mol. The first-order chi connectivity index (χ1) is 17.8. The minimum absolute atomic E-state index is 0.0728. The van der Waals surface area contributed by atoms with Crippen LogP contribution in [0.15, 0.2) is 60.9 Å². The van der Waals surface area contributed by atoms with Gasteiger partial charge in [-0.3, -0.25) is 14.4 Å². The topological polar surface area (TPSA) is 182 Å². The largest absolute Gasteiger partial charge is 0.480 e. The van der Waals surface area contributed by atoms with Gasteiger partial charge in [-0.05, 0) is 29.7 Å². The van der Waals surface area contributed by atoms with Crippen molar-refractivity contribution in [2.45, 2.75) is 24.9 Å². The maximum atomic E-state index is 12.3. The molecule has 0 bridgehead atoms. The van der Waals surface area contributed by atoms with Crippen LogP contribution in [0.5, 0.6) is 0 Å². The molecule has 0 spiro atoms. The maximum Gasteiger partial charge on any atom is 0.326 e. The maximum absolute atomic E-state index is 12.3. The van der Waals surface area contributed by atoms with Crippen LogP contribution in [0.2, 0.25) is 0 Å². The second-order valence-electron chi connectivity index (χ2n) is 8.69. The van der Waals surface area contributed by atoms with Gasteiger partial charge in [0.05, 0.1) is 19.1 Å². The van der Waals surface area contributed by atoms with E-state index in [9.17, 15) is 24.3 Å². The Morgan fingerprint density at radius 2 is 1.32 bits per heavy atom. The molecule has 0 aliphatic rings. The summed E-state index contributed by atoms with van der Waals surface area (Å²) in [6, 6.07) is 13.1. The Bertz CT molecular complexity index is 1440. The second kappa shape index (κ2) is 11.4. The molecule has 0 aliphatic carbocycles. The van der Waals surface area contributed by atoms with Gasteiger partial charge in [-0.1, -0.05) is 36.4 Å². The van der Waals surface area contributed by atoms with Crippen LogP contribution in [0.3, 0.4) is 0 Å². The Labute approximate surface area is 211 Å². The van der Waals surface area contributed by atoms with Crippen molar-refractivity contribution in [1.82, 2.24) is 25.9 Å². The number of carbonyl (C=O) groups excluding carboxylic acids is 3. The molecule has 8 N–H and O–H groups in total. The molecular formula is C26H28N6O5. The van der Waals surface area contributed by atoms with Crippen molar-refractivity contribution in [1.29, 1.82) is 0 Å². The summed E-state index contributed by atoms with van der Waals surface area (Å²) >= 11 is 0. The summed E-state index contributed by atoms with van der Waals surface area (Å²) in [6.07, 6.45) is 3.86. The zero-order valence-electron chi connectivity index (χ0n) is 19.9. The Morgan fingerprint density at radius 1 is 0.784 bits per heavy atom. The first kappa shape index (κ1) is 25.5. The van der Waals surface area contributed by atoms with Gasteiger partial charge >= 0.3 is 5.97 Å². The Hall–Kier alpha value is -4.64. The number of nitrogens with one attached hydrogen (secondary N) is 5. The SMILES string of the molecule is NC(Cc1c[nH]c2ccccc12)C(=O)NCC(=O)NCC(=O)NC(Cc1c[nH]c2ccccc12)C(=O)O. The normalized spacial score (nSPS) is 12.7. The highest BCUT2D eigenvalue weighted by molar-refractivity contribution is 5.92. The van der Waals surface area contributed by atoms with Crippen molar-refractivity contribution in [2.75, 3.05) is 13.1 Å². The second-order valence-corrected chi connectivity index (χ2v) is 8.69. The number of carbonyl (C=O) groups is 4. The smallest absolute Gasteiger partial charge is 0.326 e. The number of para-hydroxylation sites is 2. The lowest BCUT2D eigenvalue weighted by molar-refractivity contribution is -0.141. The van der Waals surface area contributed by atoms with Gasteiger partial charge in [-0.2, -0.15) is 0 Å². The van der Waals surface area contributed by atoms with E-state index in [1.54, 1.807) is 12.4 Å². The molecule has 0 saturated carbocycles. The van der Waals surface area contributed by atoms with Crippen molar-refractivity contribution >= 4 is 45.5 Å². The molecule has 2 atom stereocenters. The zero-order valence-corrected chi connectivity index (χ0v) is 19.9. The van der Waals surface area contributed by atoms with E-state index in [1.807, 2.05) is 48.5 Å². The van der Waals surface area contributed by atoms with E-state index < -0.39 is 42.3 Å². The molecule has 0 aliphatic heterocycles. The molecule has 192 valence electrons. The fourth-order valence-electron chi connectivity index (χ4n) is 4.14. The highest BCUT2D eigenvalue weighted by atomic mass is 16.4. The third-order valence-electron chi connectivity index (χ3n) is 6.05. The first-order valence-electron chi connectivity index (χ1n) is 11.7. The quantitative estimate of drug-likeness (QED) is 0.157. The molecule has 37 heavy (non-hydrogen) atoms. The molecule has 4 aromatic rings. The van der Waals surface area contributed by atoms with Gasteiger partial charge < -0.3 is 36.8 Å². The monoisotopic (exact) mass is 504 g/mol. The Balaban J connectivity index is 1.21. The van der Waals surface area contributed by atoms with Crippen LogP contribution in [0, 0.1) is 0 Å². The molecule has 3 amide bonds. The number of amides is 3. The fourth-order valence-corrected chi connectivity index (χ4v) is 4.14. The van der Waals surface area contributed by atoms with E-state index in [1.165, 1.54) is 0 Å². The van der Waals surface area contributed by atoms with Crippen LogP contribution in [0.25, 0.3) is 21.8 Å². The third kappa shape index (κ3) is 6.33. The highest BCUT2D eigenvalue weighted by Crippen LogP contribution is 2.20. The lowest BCUT2D eigenvalue weighted by atomic mass is 10.0. The van der Waals surface area contributed by atoms with Crippen molar-refractivity contribution in [3.63, 3.8) is 0 Å². The van der Waals surface area contributed by atoms with Crippen LogP contribution in [0.4, 0.5) is 0 Å². The summed E-state index contributed by atoms with van der Waals surface area (Å²) in [5.41, 5.74) is 9.44. The highest BCUT2D eigenvalue weighted by Gasteiger charge is 2.22. The predicted octanol–water partition coefficient (Wildman–Crippen LogP) is 0.564. The zero-order chi connectivity index (χ0) is 26.4. The van der Waals surface area contributed by atoms with Crippen molar-refractivity contribution in [3.05, 3.63) is 72.1 Å². The van der Waals surface area contributed by atoms with Crippen LogP contribution < -0.4 is 21.7 Å². The molecular weight excluding hydrogens is 476 g/mol. The molecule has 11 nitrogen and oxygen atoms in total. The summed E-state index contributed by atoms with van der Waals surface area (Å²) < 4.78 is 0. The molecule has 0 saturated heterocycles. The van der Waals surface area contributed by atoms with Gasteiger partial charge in [0.2, 0.25) is 17.7 Å². The number of hydrogen-bond donors (Lipinski definition) is 7. The van der Waals surface area contributed by atoms with Crippen molar-refractivity contribution in [2.24, 2.45) is 5.73 Å². The average molecular weight is 505 g/mol. The number of aromatic amines is 2. The van der Waals surface area contributed by atoms with Gasteiger partial charge in [0.1, 0.15) is 6.04 Å². The van der Waals surface area contributed by atoms with Crippen molar-refractivity contribution < 1.29 is 24.3 Å². The van der Waals surface area contributed by atoms with E-state index in [-0.39, 0.29) is 19.4 Å². The summed E-state index contributed by atoms with van der Waals surface area (Å²) in [7, 11) is 0. The Morgan fingerprint density at radius 3 is 1.92 bits per heavy atom. The van der Waals surface area contributed by atoms with E-state index in [2.05, 4.69) is 25.9 Å². The number of nitrogens with two attached hydrogens (primary N) is 1. The van der Waals surface area contributed by atoms with E-state index in [0.717, 1.165) is 32.9 Å². The number of aliphatic carboxylic acids is 1. The number of carboxylic acids is 1. The number of H-pyrrole nitrogens is 2. The minimum atomic E-state index is -1.19. The van der Waals surface area contributed by atoms with Gasteiger partial charge in [-0.25, -0.2) is 4.79 Å². The minimum Gasteiger partial charge on any atom is -0.480 e. The van der Waals surface area contributed by atoms with Crippen LogP contribution in [0.1, 0.15) is 11.1 Å². The molecule has 0 fully saturated rings. The number of aromatic nitrogens is 2. The summed E-state index contributed by atoms with van der Waals surface area (Å²) in [5.74, 6) is -2.97. The van der Waals surface area contributed by atoms with Gasteiger partial charge in [0.25, 0.3) is 0 Å². The molecule has 2 aromatic heterocycles. The molecule has 2 heterocycles. The summed E-state index contributed by atoms with van der Waals surface area (Å²) in [5, 5.41) is 18.6.